The highest BCUT2D eigenvalue weighted by Crippen LogP contribution is 2.21. The molecular weight excluding hydrogens is 274 g/mol. The van der Waals surface area contributed by atoms with E-state index in [0.717, 1.165) is 5.56 Å². The molecule has 0 unspecified atom stereocenters. The molecule has 7 heteroatoms. The highest BCUT2D eigenvalue weighted by Gasteiger charge is 2.07. The minimum Gasteiger partial charge on any atom is -0.483 e. The topological polar surface area (TPSA) is 64.1 Å². The van der Waals surface area contributed by atoms with Gasteiger partial charge in [-0.15, -0.1) is 10.2 Å². The van der Waals surface area contributed by atoms with E-state index in [1.807, 2.05) is 6.92 Å². The zero-order valence-corrected chi connectivity index (χ0v) is 11.1. The van der Waals surface area contributed by atoms with Crippen LogP contribution in [0.2, 0.25) is 5.02 Å². The number of halogens is 1. The molecule has 94 valence electrons. The molecule has 0 saturated carbocycles. The van der Waals surface area contributed by atoms with E-state index in [0.29, 0.717) is 15.9 Å². The predicted molar refractivity (Wildman–Crippen MR) is 70.2 cm³/mol. The molecule has 1 amide bonds. The Hall–Kier alpha value is -1.66. The van der Waals surface area contributed by atoms with Crippen LogP contribution in [0.1, 0.15) is 5.56 Å². The summed E-state index contributed by atoms with van der Waals surface area (Å²) in [5.74, 6) is 0.355. The average molecular weight is 284 g/mol. The monoisotopic (exact) mass is 283 g/mol. The Morgan fingerprint density at radius 1 is 1.56 bits per heavy atom. The van der Waals surface area contributed by atoms with Crippen molar-refractivity contribution in [3.8, 4) is 5.75 Å². The fourth-order valence-corrected chi connectivity index (χ4v) is 1.99. The third kappa shape index (κ3) is 3.41. The molecule has 1 aromatic heterocycles. The zero-order chi connectivity index (χ0) is 13.0. The number of amides is 1. The number of carbonyl (C=O) groups is 1. The van der Waals surface area contributed by atoms with Gasteiger partial charge in [-0.1, -0.05) is 22.9 Å². The van der Waals surface area contributed by atoms with Gasteiger partial charge in [0.2, 0.25) is 5.13 Å². The van der Waals surface area contributed by atoms with Crippen molar-refractivity contribution in [2.75, 3.05) is 11.9 Å². The first-order valence-electron chi connectivity index (χ1n) is 5.10. The smallest absolute Gasteiger partial charge is 0.264 e. The summed E-state index contributed by atoms with van der Waals surface area (Å²) in [7, 11) is 0. The van der Waals surface area contributed by atoms with E-state index in [1.54, 1.807) is 23.7 Å². The lowest BCUT2D eigenvalue weighted by Gasteiger charge is -2.08. The number of hydrogen-bond acceptors (Lipinski definition) is 5. The minimum absolute atomic E-state index is 0.0813. The molecule has 0 aliphatic heterocycles. The van der Waals surface area contributed by atoms with Crippen LogP contribution in [0.5, 0.6) is 5.75 Å². The molecule has 0 saturated heterocycles. The summed E-state index contributed by atoms with van der Waals surface area (Å²) >= 11 is 7.08. The van der Waals surface area contributed by atoms with Gasteiger partial charge < -0.3 is 4.74 Å². The molecule has 2 aromatic rings. The van der Waals surface area contributed by atoms with Gasteiger partial charge in [0, 0.05) is 5.02 Å². The zero-order valence-electron chi connectivity index (χ0n) is 9.51. The van der Waals surface area contributed by atoms with Crippen LogP contribution >= 0.6 is 22.9 Å². The number of rotatable bonds is 4. The number of aryl methyl sites for hydroxylation is 1. The number of ether oxygens (including phenoxy) is 1. The lowest BCUT2D eigenvalue weighted by atomic mass is 10.2. The number of anilines is 1. The van der Waals surface area contributed by atoms with Crippen molar-refractivity contribution < 1.29 is 9.53 Å². The molecule has 1 aromatic carbocycles. The third-order valence-corrected chi connectivity index (χ3v) is 2.94. The van der Waals surface area contributed by atoms with Gasteiger partial charge in [-0.3, -0.25) is 10.1 Å². The Morgan fingerprint density at radius 3 is 3.06 bits per heavy atom. The molecule has 0 atom stereocenters. The molecular formula is C11H10ClN3O2S. The Morgan fingerprint density at radius 2 is 2.39 bits per heavy atom. The fraction of sp³-hybridized carbons (Fsp3) is 0.182. The van der Waals surface area contributed by atoms with Gasteiger partial charge in [-0.25, -0.2) is 0 Å². The number of nitrogens with one attached hydrogen (secondary N) is 1. The normalized spacial score (nSPS) is 10.1. The average Bonchev–Trinajstić information content (AvgIpc) is 2.80. The lowest BCUT2D eigenvalue weighted by molar-refractivity contribution is -0.118. The second kappa shape index (κ2) is 5.79. The number of carbonyl (C=O) groups excluding carboxylic acids is 1. The first kappa shape index (κ1) is 12.8. The van der Waals surface area contributed by atoms with Crippen molar-refractivity contribution >= 4 is 34.0 Å². The van der Waals surface area contributed by atoms with Gasteiger partial charge in [0.15, 0.2) is 6.61 Å². The maximum absolute atomic E-state index is 11.5. The molecule has 0 aliphatic carbocycles. The van der Waals surface area contributed by atoms with Crippen LogP contribution in [-0.2, 0) is 4.79 Å². The van der Waals surface area contributed by atoms with E-state index in [1.165, 1.54) is 11.3 Å². The maximum Gasteiger partial charge on any atom is 0.264 e. The number of benzene rings is 1. The predicted octanol–water partition coefficient (Wildman–Crippen LogP) is 2.52. The van der Waals surface area contributed by atoms with Crippen LogP contribution in [-0.4, -0.2) is 22.7 Å². The summed E-state index contributed by atoms with van der Waals surface area (Å²) in [6.45, 7) is 1.78. The van der Waals surface area contributed by atoms with Gasteiger partial charge in [0.05, 0.1) is 0 Å². The van der Waals surface area contributed by atoms with E-state index < -0.39 is 0 Å². The van der Waals surface area contributed by atoms with Crippen molar-refractivity contribution in [1.82, 2.24) is 10.2 Å². The highest BCUT2D eigenvalue weighted by atomic mass is 35.5. The first-order valence-corrected chi connectivity index (χ1v) is 6.36. The van der Waals surface area contributed by atoms with Crippen LogP contribution in [0.3, 0.4) is 0 Å². The standard InChI is InChI=1S/C11H10ClN3O2S/c1-7-4-8(12)2-3-9(7)17-5-10(16)14-11-15-13-6-18-11/h2-4,6H,5H2,1H3,(H,14,15,16). The quantitative estimate of drug-likeness (QED) is 0.936. The molecule has 0 fully saturated rings. The molecule has 0 spiro atoms. The van der Waals surface area contributed by atoms with Crippen molar-refractivity contribution in [1.29, 1.82) is 0 Å². The molecule has 0 bridgehead atoms. The van der Waals surface area contributed by atoms with E-state index in [9.17, 15) is 4.79 Å². The van der Waals surface area contributed by atoms with Crippen molar-refractivity contribution in [2.24, 2.45) is 0 Å². The minimum atomic E-state index is -0.277. The molecule has 0 radical (unpaired) electrons. The Balaban J connectivity index is 1.89. The largest absolute Gasteiger partial charge is 0.483 e. The van der Waals surface area contributed by atoms with E-state index in [4.69, 9.17) is 16.3 Å². The van der Waals surface area contributed by atoms with Gasteiger partial charge in [0.25, 0.3) is 5.91 Å². The van der Waals surface area contributed by atoms with Crippen molar-refractivity contribution in [2.45, 2.75) is 6.92 Å². The summed E-state index contributed by atoms with van der Waals surface area (Å²) in [6, 6.07) is 5.22. The number of nitrogens with zero attached hydrogens (tertiary/aromatic N) is 2. The fourth-order valence-electron chi connectivity index (χ4n) is 1.30. The van der Waals surface area contributed by atoms with Gasteiger partial charge in [-0.05, 0) is 30.7 Å². The van der Waals surface area contributed by atoms with Crippen LogP contribution in [0.15, 0.2) is 23.7 Å². The molecule has 2 rings (SSSR count). The van der Waals surface area contributed by atoms with Crippen LogP contribution in [0.25, 0.3) is 0 Å². The summed E-state index contributed by atoms with van der Waals surface area (Å²) < 4.78 is 5.39. The lowest BCUT2D eigenvalue weighted by Crippen LogP contribution is -2.20. The Labute approximate surface area is 113 Å². The summed E-state index contributed by atoms with van der Waals surface area (Å²) in [5.41, 5.74) is 2.42. The molecule has 0 aliphatic rings. The first-order chi connectivity index (χ1) is 8.65. The van der Waals surface area contributed by atoms with Crippen LogP contribution in [0, 0.1) is 6.92 Å². The van der Waals surface area contributed by atoms with Crippen LogP contribution < -0.4 is 10.1 Å². The molecule has 1 heterocycles. The van der Waals surface area contributed by atoms with E-state index in [-0.39, 0.29) is 12.5 Å². The van der Waals surface area contributed by atoms with Crippen molar-refractivity contribution in [3.63, 3.8) is 0 Å². The number of hydrogen-bond donors (Lipinski definition) is 1. The molecule has 5 nitrogen and oxygen atoms in total. The Kier molecular flexibility index (Phi) is 4.11. The molecule has 18 heavy (non-hydrogen) atoms. The molecule has 1 N–H and O–H groups in total. The Bertz CT molecular complexity index is 545. The third-order valence-electron chi connectivity index (χ3n) is 2.10. The summed E-state index contributed by atoms with van der Waals surface area (Å²) in [5, 5.41) is 11.0. The van der Waals surface area contributed by atoms with E-state index >= 15 is 0 Å². The summed E-state index contributed by atoms with van der Waals surface area (Å²) in [6.07, 6.45) is 0. The number of aromatic nitrogens is 2. The van der Waals surface area contributed by atoms with Gasteiger partial charge in [0.1, 0.15) is 11.3 Å². The van der Waals surface area contributed by atoms with Gasteiger partial charge >= 0.3 is 0 Å². The highest BCUT2D eigenvalue weighted by molar-refractivity contribution is 7.13. The SMILES string of the molecule is Cc1cc(Cl)ccc1OCC(=O)Nc1nncs1. The second-order valence-corrected chi connectivity index (χ2v) is 4.76. The van der Waals surface area contributed by atoms with Crippen LogP contribution in [0.4, 0.5) is 5.13 Å². The maximum atomic E-state index is 11.5. The summed E-state index contributed by atoms with van der Waals surface area (Å²) in [4.78, 5) is 11.5. The van der Waals surface area contributed by atoms with E-state index in [2.05, 4.69) is 15.5 Å². The second-order valence-electron chi connectivity index (χ2n) is 3.49. The van der Waals surface area contributed by atoms with Crippen molar-refractivity contribution in [3.05, 3.63) is 34.3 Å². The van der Waals surface area contributed by atoms with Gasteiger partial charge in [-0.2, -0.15) is 0 Å².